The van der Waals surface area contributed by atoms with Gasteiger partial charge in [0.15, 0.2) is 0 Å². The number of rotatable bonds is 20. The van der Waals surface area contributed by atoms with Crippen LogP contribution in [-0.4, -0.2) is 51.6 Å². The van der Waals surface area contributed by atoms with Crippen LogP contribution in [0.3, 0.4) is 0 Å². The minimum absolute atomic E-state index is 0.0245. The van der Waals surface area contributed by atoms with Crippen LogP contribution < -0.4 is 5.32 Å². The highest BCUT2D eigenvalue weighted by Gasteiger charge is 2.04. The van der Waals surface area contributed by atoms with Gasteiger partial charge in [0.05, 0.1) is 19.3 Å². The summed E-state index contributed by atoms with van der Waals surface area (Å²) in [7, 11) is 0. The Morgan fingerprint density at radius 2 is 1.44 bits per heavy atom. The predicted octanol–water partition coefficient (Wildman–Crippen LogP) is 4.73. The van der Waals surface area contributed by atoms with Crippen LogP contribution in [0.2, 0.25) is 0 Å². The molecule has 0 heterocycles. The Morgan fingerprint density at radius 1 is 0.815 bits per heavy atom. The van der Waals surface area contributed by atoms with Gasteiger partial charge in [0.2, 0.25) is 5.91 Å². The van der Waals surface area contributed by atoms with Gasteiger partial charge in [-0.2, -0.15) is 0 Å². The van der Waals surface area contributed by atoms with E-state index < -0.39 is 0 Å². The molecule has 0 aromatic rings. The zero-order chi connectivity index (χ0) is 20.2. The highest BCUT2D eigenvalue weighted by molar-refractivity contribution is 5.77. The van der Waals surface area contributed by atoms with Crippen LogP contribution in [-0.2, 0) is 19.0 Å². The second-order valence-electron chi connectivity index (χ2n) is 7.53. The molecule has 0 saturated carbocycles. The van der Waals surface area contributed by atoms with Gasteiger partial charge in [-0.05, 0) is 44.9 Å². The number of hydrogen-bond donors (Lipinski definition) is 1. The van der Waals surface area contributed by atoms with Crippen LogP contribution in [0.25, 0.3) is 0 Å². The standard InChI is InChI=1S/C22H45NO4/c1-5-20(3)13-9-7-11-15-25-17-18-26-16-12-8-10-14-23-22(24)19-27-21(4)6-2/h20-21H,5-19H2,1-4H3,(H,23,24). The average Bonchev–Trinajstić information content (AvgIpc) is 2.68. The fraction of sp³-hybridized carbons (Fsp3) is 0.955. The summed E-state index contributed by atoms with van der Waals surface area (Å²) in [4.78, 5) is 11.6. The lowest BCUT2D eigenvalue weighted by Crippen LogP contribution is -2.29. The molecule has 0 aliphatic rings. The van der Waals surface area contributed by atoms with Gasteiger partial charge in [-0.15, -0.1) is 0 Å². The Bertz CT molecular complexity index is 325. The molecule has 5 nitrogen and oxygen atoms in total. The molecule has 1 amide bonds. The molecular weight excluding hydrogens is 342 g/mol. The van der Waals surface area contributed by atoms with Gasteiger partial charge in [0.1, 0.15) is 6.61 Å². The van der Waals surface area contributed by atoms with Gasteiger partial charge >= 0.3 is 0 Å². The Balaban J connectivity index is 3.16. The van der Waals surface area contributed by atoms with Crippen molar-refractivity contribution in [2.75, 3.05) is 39.6 Å². The predicted molar refractivity (Wildman–Crippen MR) is 112 cm³/mol. The molecule has 0 aromatic heterocycles. The lowest BCUT2D eigenvalue weighted by molar-refractivity contribution is -0.127. The first-order valence-corrected chi connectivity index (χ1v) is 11.1. The van der Waals surface area contributed by atoms with Crippen molar-refractivity contribution in [3.8, 4) is 0 Å². The summed E-state index contributed by atoms with van der Waals surface area (Å²) in [5, 5.41) is 2.89. The second-order valence-corrected chi connectivity index (χ2v) is 7.53. The van der Waals surface area contributed by atoms with Gasteiger partial charge in [0.25, 0.3) is 0 Å². The molecule has 0 saturated heterocycles. The van der Waals surface area contributed by atoms with Gasteiger partial charge in [-0.25, -0.2) is 0 Å². The van der Waals surface area contributed by atoms with Gasteiger partial charge in [-0.1, -0.05) is 46.5 Å². The van der Waals surface area contributed by atoms with Crippen LogP contribution in [0.5, 0.6) is 0 Å². The lowest BCUT2D eigenvalue weighted by Gasteiger charge is -2.10. The third-order valence-electron chi connectivity index (χ3n) is 4.92. The van der Waals surface area contributed by atoms with Crippen LogP contribution in [0.1, 0.15) is 85.5 Å². The Labute approximate surface area is 167 Å². The van der Waals surface area contributed by atoms with Crippen molar-refractivity contribution in [1.29, 1.82) is 0 Å². The van der Waals surface area contributed by atoms with Crippen molar-refractivity contribution in [3.05, 3.63) is 0 Å². The van der Waals surface area contributed by atoms with E-state index in [1.807, 2.05) is 13.8 Å². The largest absolute Gasteiger partial charge is 0.379 e. The summed E-state index contributed by atoms with van der Waals surface area (Å²) in [6.07, 6.45) is 10.5. The first kappa shape index (κ1) is 26.4. The number of unbranched alkanes of at least 4 members (excludes halogenated alkanes) is 4. The molecule has 0 radical (unpaired) electrons. The van der Waals surface area contributed by atoms with E-state index in [9.17, 15) is 4.79 Å². The lowest BCUT2D eigenvalue weighted by atomic mass is 10.0. The highest BCUT2D eigenvalue weighted by atomic mass is 16.5. The Hall–Kier alpha value is -0.650. The Morgan fingerprint density at radius 3 is 2.04 bits per heavy atom. The van der Waals surface area contributed by atoms with Crippen LogP contribution in [0.4, 0.5) is 0 Å². The van der Waals surface area contributed by atoms with E-state index in [1.165, 1.54) is 25.7 Å². The summed E-state index contributed by atoms with van der Waals surface area (Å²) in [6, 6.07) is 0. The van der Waals surface area contributed by atoms with Crippen molar-refractivity contribution in [1.82, 2.24) is 5.32 Å². The van der Waals surface area contributed by atoms with Crippen molar-refractivity contribution in [3.63, 3.8) is 0 Å². The summed E-state index contributed by atoms with van der Waals surface area (Å²) in [5.74, 6) is 0.836. The van der Waals surface area contributed by atoms with Gasteiger partial charge in [-0.3, -0.25) is 4.79 Å². The maximum atomic E-state index is 11.6. The van der Waals surface area contributed by atoms with E-state index in [1.54, 1.807) is 0 Å². The number of ether oxygens (including phenoxy) is 3. The fourth-order valence-corrected chi connectivity index (χ4v) is 2.52. The zero-order valence-corrected chi connectivity index (χ0v) is 18.4. The summed E-state index contributed by atoms with van der Waals surface area (Å²) >= 11 is 0. The summed E-state index contributed by atoms with van der Waals surface area (Å²) < 4.78 is 16.6. The molecule has 1 N–H and O–H groups in total. The minimum atomic E-state index is -0.0245. The molecule has 27 heavy (non-hydrogen) atoms. The minimum Gasteiger partial charge on any atom is -0.379 e. The summed E-state index contributed by atoms with van der Waals surface area (Å²) in [5.41, 5.74) is 0. The van der Waals surface area contributed by atoms with E-state index in [2.05, 4.69) is 19.2 Å². The molecule has 0 fully saturated rings. The van der Waals surface area contributed by atoms with Crippen LogP contribution >= 0.6 is 0 Å². The monoisotopic (exact) mass is 387 g/mol. The van der Waals surface area contributed by atoms with E-state index in [-0.39, 0.29) is 18.6 Å². The van der Waals surface area contributed by atoms with Crippen molar-refractivity contribution in [2.24, 2.45) is 5.92 Å². The molecule has 0 rings (SSSR count). The maximum absolute atomic E-state index is 11.6. The fourth-order valence-electron chi connectivity index (χ4n) is 2.52. The topological polar surface area (TPSA) is 56.8 Å². The van der Waals surface area contributed by atoms with E-state index in [0.717, 1.165) is 51.2 Å². The van der Waals surface area contributed by atoms with Gasteiger partial charge in [0, 0.05) is 19.8 Å². The van der Waals surface area contributed by atoms with Crippen molar-refractivity contribution >= 4 is 5.91 Å². The van der Waals surface area contributed by atoms with E-state index >= 15 is 0 Å². The third kappa shape index (κ3) is 19.9. The summed E-state index contributed by atoms with van der Waals surface area (Å²) in [6.45, 7) is 12.5. The second kappa shape index (κ2) is 20.1. The average molecular weight is 388 g/mol. The van der Waals surface area contributed by atoms with Crippen LogP contribution in [0, 0.1) is 5.92 Å². The molecule has 0 aliphatic heterocycles. The first-order valence-electron chi connectivity index (χ1n) is 11.1. The number of amides is 1. The normalized spacial score (nSPS) is 13.5. The number of nitrogens with one attached hydrogen (secondary N) is 1. The van der Waals surface area contributed by atoms with Crippen molar-refractivity contribution in [2.45, 2.75) is 91.6 Å². The third-order valence-corrected chi connectivity index (χ3v) is 4.92. The van der Waals surface area contributed by atoms with E-state index in [0.29, 0.717) is 19.8 Å². The molecule has 0 spiro atoms. The Kier molecular flexibility index (Phi) is 19.6. The zero-order valence-electron chi connectivity index (χ0n) is 18.4. The molecule has 2 atom stereocenters. The quantitative estimate of drug-likeness (QED) is 0.307. The number of carbonyl (C=O) groups excluding carboxylic acids is 1. The molecule has 162 valence electrons. The molecule has 0 aliphatic carbocycles. The number of hydrogen-bond acceptors (Lipinski definition) is 4. The molecular formula is C22H45NO4. The maximum Gasteiger partial charge on any atom is 0.246 e. The van der Waals surface area contributed by atoms with Crippen LogP contribution in [0.15, 0.2) is 0 Å². The molecule has 5 heteroatoms. The highest BCUT2D eigenvalue weighted by Crippen LogP contribution is 2.12. The smallest absolute Gasteiger partial charge is 0.246 e. The molecule has 0 bridgehead atoms. The van der Waals surface area contributed by atoms with E-state index in [4.69, 9.17) is 14.2 Å². The molecule has 2 unspecified atom stereocenters. The molecule has 0 aromatic carbocycles. The van der Waals surface area contributed by atoms with Gasteiger partial charge < -0.3 is 19.5 Å². The van der Waals surface area contributed by atoms with Crippen molar-refractivity contribution < 1.29 is 19.0 Å². The number of carbonyl (C=O) groups is 1. The SMILES string of the molecule is CCC(C)CCCCCOCCOCCCCCNC(=O)COC(C)CC. The first-order chi connectivity index (χ1) is 13.1.